The molecule has 200 valence electrons. The Morgan fingerprint density at radius 2 is 1.74 bits per heavy atom. The fraction of sp³-hybridized carbons (Fsp3) is 0.233. The van der Waals surface area contributed by atoms with Gasteiger partial charge in [-0.3, -0.25) is 4.79 Å². The van der Waals surface area contributed by atoms with Crippen molar-refractivity contribution in [1.82, 2.24) is 9.99 Å². The minimum atomic E-state index is -0.469. The third-order valence-corrected chi connectivity index (χ3v) is 8.33. The van der Waals surface area contributed by atoms with Crippen molar-refractivity contribution in [2.75, 3.05) is 10.6 Å². The molecule has 0 radical (unpaired) electrons. The van der Waals surface area contributed by atoms with E-state index in [1.807, 2.05) is 51.1 Å². The SMILES string of the molecule is Cc1ccc(NC(=O)c2c(-n3c(C)cc(/C=N/NC(=O)Nc4cccc(Cl)c4)c3C)sc3c2CCCC3)cc1. The van der Waals surface area contributed by atoms with Crippen LogP contribution in [0.3, 0.4) is 0 Å². The van der Waals surface area contributed by atoms with Gasteiger partial charge in [0.15, 0.2) is 0 Å². The van der Waals surface area contributed by atoms with Gasteiger partial charge in [-0.05, 0) is 88.4 Å². The Balaban J connectivity index is 1.40. The molecule has 7 nitrogen and oxygen atoms in total. The maximum atomic E-state index is 13.7. The average Bonchev–Trinajstić information content (AvgIpc) is 3.41. The maximum Gasteiger partial charge on any atom is 0.339 e. The number of halogens is 1. The van der Waals surface area contributed by atoms with Gasteiger partial charge in [-0.25, -0.2) is 10.2 Å². The number of hydrazone groups is 1. The fourth-order valence-electron chi connectivity index (χ4n) is 4.89. The molecule has 1 aliphatic carbocycles. The van der Waals surface area contributed by atoms with Gasteiger partial charge in [-0.1, -0.05) is 35.4 Å². The van der Waals surface area contributed by atoms with Gasteiger partial charge in [0.2, 0.25) is 0 Å². The molecule has 0 spiro atoms. The Hall–Kier alpha value is -3.88. The largest absolute Gasteiger partial charge is 0.339 e. The lowest BCUT2D eigenvalue weighted by Crippen LogP contribution is -2.24. The summed E-state index contributed by atoms with van der Waals surface area (Å²) in [7, 11) is 0. The van der Waals surface area contributed by atoms with E-state index in [4.69, 9.17) is 11.6 Å². The lowest BCUT2D eigenvalue weighted by molar-refractivity contribution is 0.102. The van der Waals surface area contributed by atoms with Gasteiger partial charge < -0.3 is 15.2 Å². The van der Waals surface area contributed by atoms with E-state index in [0.717, 1.165) is 70.0 Å². The predicted octanol–water partition coefficient (Wildman–Crippen LogP) is 7.40. The van der Waals surface area contributed by atoms with Crippen molar-refractivity contribution in [3.05, 3.63) is 98.1 Å². The molecule has 0 saturated carbocycles. The Morgan fingerprint density at radius 1 is 0.974 bits per heavy atom. The Labute approximate surface area is 236 Å². The molecule has 0 unspecified atom stereocenters. The number of nitrogens with one attached hydrogen (secondary N) is 3. The lowest BCUT2D eigenvalue weighted by atomic mass is 9.95. The Kier molecular flexibility index (Phi) is 7.86. The molecule has 39 heavy (non-hydrogen) atoms. The first-order valence-electron chi connectivity index (χ1n) is 12.9. The van der Waals surface area contributed by atoms with Gasteiger partial charge in [-0.2, -0.15) is 5.10 Å². The van der Waals surface area contributed by atoms with Crippen LogP contribution in [0.15, 0.2) is 59.7 Å². The number of carbonyl (C=O) groups excluding carboxylic acids is 2. The zero-order valence-electron chi connectivity index (χ0n) is 22.1. The molecule has 2 heterocycles. The zero-order valence-corrected chi connectivity index (χ0v) is 23.7. The number of aryl methyl sites for hydroxylation is 3. The Morgan fingerprint density at radius 3 is 2.51 bits per heavy atom. The number of rotatable bonds is 6. The number of nitrogens with zero attached hydrogens (tertiary/aromatic N) is 2. The summed E-state index contributed by atoms with van der Waals surface area (Å²) >= 11 is 7.68. The van der Waals surface area contributed by atoms with Crippen molar-refractivity contribution in [2.24, 2.45) is 5.10 Å². The number of aromatic nitrogens is 1. The van der Waals surface area contributed by atoms with Gasteiger partial charge >= 0.3 is 6.03 Å². The summed E-state index contributed by atoms with van der Waals surface area (Å²) in [4.78, 5) is 27.2. The number of hydrogen-bond acceptors (Lipinski definition) is 4. The molecule has 9 heteroatoms. The summed E-state index contributed by atoms with van der Waals surface area (Å²) in [5.74, 6) is -0.0877. The first-order valence-corrected chi connectivity index (χ1v) is 14.1. The number of amides is 3. The first-order chi connectivity index (χ1) is 18.8. The standard InChI is InChI=1S/C30H30ClN5O2S/c1-18-11-13-23(14-12-18)33-28(37)27-25-9-4-5-10-26(25)39-29(27)36-19(2)15-21(20(36)3)17-32-35-30(38)34-24-8-6-7-22(31)16-24/h6-8,11-17H,4-5,9-10H2,1-3H3,(H,33,37)(H2,34,35,38)/b32-17+. The topological polar surface area (TPSA) is 87.5 Å². The average molecular weight is 560 g/mol. The van der Waals surface area contributed by atoms with Crippen LogP contribution in [0.2, 0.25) is 5.02 Å². The second kappa shape index (κ2) is 11.5. The number of anilines is 2. The van der Waals surface area contributed by atoms with Gasteiger partial charge in [0.1, 0.15) is 5.00 Å². The molecule has 1 aliphatic rings. The summed E-state index contributed by atoms with van der Waals surface area (Å²) < 4.78 is 2.13. The maximum absolute atomic E-state index is 13.7. The van der Waals surface area contributed by atoms with Crippen LogP contribution in [-0.4, -0.2) is 22.7 Å². The van der Waals surface area contributed by atoms with Gasteiger partial charge in [0.05, 0.1) is 11.8 Å². The second-order valence-electron chi connectivity index (χ2n) is 9.71. The van der Waals surface area contributed by atoms with E-state index in [-0.39, 0.29) is 5.91 Å². The van der Waals surface area contributed by atoms with E-state index in [1.54, 1.807) is 41.8 Å². The van der Waals surface area contributed by atoms with Gasteiger partial charge in [-0.15, -0.1) is 11.3 Å². The summed E-state index contributed by atoms with van der Waals surface area (Å²) in [6.07, 6.45) is 5.73. The van der Waals surface area contributed by atoms with Crippen molar-refractivity contribution in [1.29, 1.82) is 0 Å². The summed E-state index contributed by atoms with van der Waals surface area (Å²) in [5.41, 5.74) is 9.69. The molecule has 5 rings (SSSR count). The highest BCUT2D eigenvalue weighted by molar-refractivity contribution is 7.15. The third kappa shape index (κ3) is 5.92. The first kappa shape index (κ1) is 26.7. The predicted molar refractivity (Wildman–Crippen MR) is 160 cm³/mol. The molecule has 3 amide bonds. The van der Waals surface area contributed by atoms with E-state index >= 15 is 0 Å². The highest BCUT2D eigenvalue weighted by Gasteiger charge is 2.28. The van der Waals surface area contributed by atoms with Crippen LogP contribution in [0.5, 0.6) is 0 Å². The number of thiophene rings is 1. The molecular formula is C30H30ClN5O2S. The molecule has 0 fully saturated rings. The van der Waals surface area contributed by atoms with Crippen LogP contribution >= 0.6 is 22.9 Å². The van der Waals surface area contributed by atoms with Crippen molar-refractivity contribution in [3.8, 4) is 5.00 Å². The van der Waals surface area contributed by atoms with Crippen molar-refractivity contribution in [3.63, 3.8) is 0 Å². The molecule has 3 N–H and O–H groups in total. The normalized spacial score (nSPS) is 12.8. The highest BCUT2D eigenvalue weighted by Crippen LogP contribution is 2.39. The van der Waals surface area contributed by atoms with Gasteiger partial charge in [0.25, 0.3) is 5.91 Å². The monoisotopic (exact) mass is 559 g/mol. The van der Waals surface area contributed by atoms with Crippen LogP contribution in [0.25, 0.3) is 5.00 Å². The second-order valence-corrected chi connectivity index (χ2v) is 11.2. The molecule has 2 aromatic heterocycles. The molecule has 4 aromatic rings. The molecular weight excluding hydrogens is 530 g/mol. The number of hydrogen-bond donors (Lipinski definition) is 3. The number of urea groups is 1. The highest BCUT2D eigenvalue weighted by atomic mass is 35.5. The van der Waals surface area contributed by atoms with Crippen LogP contribution in [0, 0.1) is 20.8 Å². The number of fused-ring (bicyclic) bond motifs is 1. The lowest BCUT2D eigenvalue weighted by Gasteiger charge is -2.14. The van der Waals surface area contributed by atoms with Crippen LogP contribution in [0.1, 0.15) is 56.2 Å². The minimum Gasteiger partial charge on any atom is -0.322 e. The molecule has 0 saturated heterocycles. The summed E-state index contributed by atoms with van der Waals surface area (Å²) in [5, 5.41) is 11.4. The van der Waals surface area contributed by atoms with E-state index in [9.17, 15) is 9.59 Å². The quantitative estimate of drug-likeness (QED) is 0.170. The molecule has 0 aliphatic heterocycles. The minimum absolute atomic E-state index is 0.0877. The fourth-order valence-corrected chi connectivity index (χ4v) is 6.58. The molecule has 0 bridgehead atoms. The van der Waals surface area contributed by atoms with E-state index in [0.29, 0.717) is 10.7 Å². The van der Waals surface area contributed by atoms with Crippen molar-refractivity contribution in [2.45, 2.75) is 46.5 Å². The number of carbonyl (C=O) groups is 2. The van der Waals surface area contributed by atoms with Crippen molar-refractivity contribution >= 4 is 52.5 Å². The Bertz CT molecular complexity index is 1570. The van der Waals surface area contributed by atoms with Crippen molar-refractivity contribution < 1.29 is 9.59 Å². The van der Waals surface area contributed by atoms with Crippen LogP contribution in [-0.2, 0) is 12.8 Å². The van der Waals surface area contributed by atoms with Crippen LogP contribution in [0.4, 0.5) is 16.2 Å². The smallest absolute Gasteiger partial charge is 0.322 e. The summed E-state index contributed by atoms with van der Waals surface area (Å²) in [6.45, 7) is 6.05. The van der Waals surface area contributed by atoms with Gasteiger partial charge in [0, 0.05) is 38.2 Å². The van der Waals surface area contributed by atoms with Crippen LogP contribution < -0.4 is 16.1 Å². The number of benzene rings is 2. The molecule has 2 aromatic carbocycles. The summed E-state index contributed by atoms with van der Waals surface area (Å²) in [6, 6.07) is 16.3. The zero-order chi connectivity index (χ0) is 27.5. The van der Waals surface area contributed by atoms with E-state index in [1.165, 1.54) is 4.88 Å². The molecule has 0 atom stereocenters. The van der Waals surface area contributed by atoms with E-state index < -0.39 is 6.03 Å². The van der Waals surface area contributed by atoms with E-state index in [2.05, 4.69) is 25.7 Å². The third-order valence-electron chi connectivity index (χ3n) is 6.81.